The van der Waals surface area contributed by atoms with E-state index in [1.165, 1.54) is 0 Å². The average molecular weight is 500 g/mol. The van der Waals surface area contributed by atoms with Crippen molar-refractivity contribution in [1.29, 1.82) is 0 Å². The lowest BCUT2D eigenvalue weighted by Crippen LogP contribution is -2.39. The van der Waals surface area contributed by atoms with E-state index >= 15 is 0 Å². The number of carbonyl (C=O) groups excluding carboxylic acids is 1. The molecule has 1 aliphatic heterocycles. The molecule has 1 unspecified atom stereocenters. The summed E-state index contributed by atoms with van der Waals surface area (Å²) in [5.41, 5.74) is 4.06. The zero-order valence-corrected chi connectivity index (χ0v) is 19.8. The number of halogens is 3. The molecule has 8 heteroatoms. The molecular formula is C25H21Cl3N4O. The third kappa shape index (κ3) is 4.71. The van der Waals surface area contributed by atoms with Crippen LogP contribution in [0.2, 0.25) is 5.02 Å². The topological polar surface area (TPSA) is 67.8 Å². The van der Waals surface area contributed by atoms with Crippen LogP contribution in [-0.4, -0.2) is 20.9 Å². The zero-order valence-electron chi connectivity index (χ0n) is 17.4. The Morgan fingerprint density at radius 3 is 2.24 bits per heavy atom. The Hall–Kier alpha value is -2.99. The van der Waals surface area contributed by atoms with Crippen LogP contribution in [0.5, 0.6) is 0 Å². The summed E-state index contributed by atoms with van der Waals surface area (Å²) in [4.78, 5) is 26.5. The Morgan fingerprint density at radius 2 is 1.55 bits per heavy atom. The van der Waals surface area contributed by atoms with Gasteiger partial charge in [0.15, 0.2) is 0 Å². The Kier molecular flexibility index (Phi) is 7.69. The summed E-state index contributed by atoms with van der Waals surface area (Å²) in [5, 5.41) is 3.71. The second kappa shape index (κ2) is 10.3. The summed E-state index contributed by atoms with van der Waals surface area (Å²) >= 11 is 6.12. The Balaban J connectivity index is 0.00000153. The number of carbonyl (C=O) groups is 1. The number of anilines is 1. The lowest BCUT2D eigenvalue weighted by atomic mass is 9.71. The maximum Gasteiger partial charge on any atom is 0.237 e. The predicted molar refractivity (Wildman–Crippen MR) is 135 cm³/mol. The van der Waals surface area contributed by atoms with Gasteiger partial charge in [0.05, 0.1) is 5.41 Å². The number of fused-ring (bicyclic) bond motifs is 1. The highest BCUT2D eigenvalue weighted by Gasteiger charge is 2.49. The van der Waals surface area contributed by atoms with E-state index in [1.54, 1.807) is 24.8 Å². The van der Waals surface area contributed by atoms with Crippen molar-refractivity contribution in [2.24, 2.45) is 0 Å². The lowest BCUT2D eigenvalue weighted by molar-refractivity contribution is -0.120. The van der Waals surface area contributed by atoms with E-state index in [9.17, 15) is 4.79 Å². The fourth-order valence-electron chi connectivity index (χ4n) is 4.35. The second-order valence-corrected chi connectivity index (χ2v) is 8.13. The highest BCUT2D eigenvalue weighted by Crippen LogP contribution is 2.46. The second-order valence-electron chi connectivity index (χ2n) is 7.70. The third-order valence-corrected chi connectivity index (χ3v) is 5.99. The van der Waals surface area contributed by atoms with E-state index in [0.717, 1.165) is 27.8 Å². The fraction of sp³-hybridized carbons (Fsp3) is 0.120. The molecule has 0 fully saturated rings. The maximum absolute atomic E-state index is 13.6. The summed E-state index contributed by atoms with van der Waals surface area (Å²) < 4.78 is 0. The van der Waals surface area contributed by atoms with Crippen LogP contribution in [-0.2, 0) is 23.1 Å². The molecular weight excluding hydrogens is 479 g/mol. The van der Waals surface area contributed by atoms with Crippen molar-refractivity contribution in [1.82, 2.24) is 15.0 Å². The Labute approximate surface area is 209 Å². The summed E-state index contributed by atoms with van der Waals surface area (Å²) in [6.07, 6.45) is 9.83. The van der Waals surface area contributed by atoms with Crippen molar-refractivity contribution >= 4 is 48.1 Å². The normalized spacial score (nSPS) is 16.2. The average Bonchev–Trinajstić information content (AvgIpc) is 3.07. The zero-order chi connectivity index (χ0) is 21.3. The molecule has 0 aliphatic carbocycles. The van der Waals surface area contributed by atoms with E-state index in [2.05, 4.69) is 20.3 Å². The van der Waals surface area contributed by atoms with Gasteiger partial charge in [-0.2, -0.15) is 0 Å². The van der Waals surface area contributed by atoms with Gasteiger partial charge < -0.3 is 5.32 Å². The van der Waals surface area contributed by atoms with Crippen molar-refractivity contribution in [3.63, 3.8) is 0 Å². The van der Waals surface area contributed by atoms with Crippen LogP contribution in [0.1, 0.15) is 16.7 Å². The van der Waals surface area contributed by atoms with Crippen molar-refractivity contribution in [3.8, 4) is 11.1 Å². The first kappa shape index (κ1) is 24.6. The number of hydrogen-bond acceptors (Lipinski definition) is 4. The molecule has 0 radical (unpaired) electrons. The number of amides is 1. The Bertz CT molecular complexity index is 1190. The van der Waals surface area contributed by atoms with Crippen molar-refractivity contribution in [2.75, 3.05) is 5.32 Å². The summed E-state index contributed by atoms with van der Waals surface area (Å²) in [6.45, 7) is 0. The summed E-state index contributed by atoms with van der Waals surface area (Å²) in [5.74, 6) is 0.549. The number of rotatable bonds is 5. The SMILES string of the molecule is Cl.Cl.O=C1Nc2nccc(-c3ccc(Cl)cc3)c2C1(Cc1ccncc1)Cc1cccnc1. The first-order chi connectivity index (χ1) is 15.2. The predicted octanol–water partition coefficient (Wildman–Crippen LogP) is 5.71. The summed E-state index contributed by atoms with van der Waals surface area (Å²) in [6, 6.07) is 17.4. The first-order valence-electron chi connectivity index (χ1n) is 10.0. The minimum absolute atomic E-state index is 0. The van der Waals surface area contributed by atoms with Crippen LogP contribution >= 0.6 is 36.4 Å². The minimum atomic E-state index is -0.830. The van der Waals surface area contributed by atoms with E-state index in [-0.39, 0.29) is 30.7 Å². The van der Waals surface area contributed by atoms with Crippen LogP contribution in [0.25, 0.3) is 11.1 Å². The van der Waals surface area contributed by atoms with Crippen molar-refractivity contribution in [3.05, 3.63) is 107 Å². The smallest absolute Gasteiger partial charge is 0.237 e. The van der Waals surface area contributed by atoms with Crippen LogP contribution in [0.4, 0.5) is 5.82 Å². The van der Waals surface area contributed by atoms with E-state index in [1.807, 2.05) is 60.8 Å². The van der Waals surface area contributed by atoms with Crippen LogP contribution < -0.4 is 5.32 Å². The molecule has 1 amide bonds. The van der Waals surface area contributed by atoms with Crippen LogP contribution in [0.15, 0.2) is 85.6 Å². The van der Waals surface area contributed by atoms with Crippen molar-refractivity contribution in [2.45, 2.75) is 18.3 Å². The Morgan fingerprint density at radius 1 is 0.818 bits per heavy atom. The van der Waals surface area contributed by atoms with Gasteiger partial charge in [0.25, 0.3) is 0 Å². The fourth-order valence-corrected chi connectivity index (χ4v) is 4.48. The molecule has 0 saturated carbocycles. The molecule has 33 heavy (non-hydrogen) atoms. The van der Waals surface area contributed by atoms with Gasteiger partial charge in [-0.15, -0.1) is 24.8 Å². The molecule has 4 aromatic rings. The van der Waals surface area contributed by atoms with Crippen LogP contribution in [0, 0.1) is 0 Å². The lowest BCUT2D eigenvalue weighted by Gasteiger charge is -2.29. The van der Waals surface area contributed by atoms with Crippen molar-refractivity contribution < 1.29 is 4.79 Å². The van der Waals surface area contributed by atoms with Crippen LogP contribution in [0.3, 0.4) is 0 Å². The standard InChI is InChI=1S/C25H19ClN4O.2ClH/c26-20-5-3-19(4-6-20)21-9-13-29-23-22(21)25(24(31)30-23,14-17-7-11-27-12-8-17)15-18-2-1-10-28-16-18;;/h1-13,16H,14-15H2,(H,29,30,31);2*1H. The minimum Gasteiger partial charge on any atom is -0.310 e. The van der Waals surface area contributed by atoms with Gasteiger partial charge in [0, 0.05) is 41.6 Å². The number of hydrogen-bond donors (Lipinski definition) is 1. The molecule has 168 valence electrons. The molecule has 5 rings (SSSR count). The number of nitrogens with zero attached hydrogens (tertiary/aromatic N) is 3. The van der Waals surface area contributed by atoms with Gasteiger partial charge in [-0.05, 0) is 71.5 Å². The van der Waals surface area contributed by atoms with E-state index < -0.39 is 5.41 Å². The van der Waals surface area contributed by atoms with Gasteiger partial charge in [0.2, 0.25) is 5.91 Å². The molecule has 5 nitrogen and oxygen atoms in total. The number of aromatic nitrogens is 3. The molecule has 1 aromatic carbocycles. The maximum atomic E-state index is 13.6. The van der Waals surface area contributed by atoms with E-state index in [0.29, 0.717) is 23.7 Å². The van der Waals surface area contributed by atoms with Gasteiger partial charge in [-0.25, -0.2) is 4.98 Å². The molecule has 0 bridgehead atoms. The molecule has 4 heterocycles. The summed E-state index contributed by atoms with van der Waals surface area (Å²) in [7, 11) is 0. The van der Waals surface area contributed by atoms with Gasteiger partial charge in [0.1, 0.15) is 5.82 Å². The number of nitrogens with one attached hydrogen (secondary N) is 1. The first-order valence-corrected chi connectivity index (χ1v) is 10.4. The van der Waals surface area contributed by atoms with E-state index in [4.69, 9.17) is 11.6 Å². The molecule has 1 aliphatic rings. The molecule has 3 aromatic heterocycles. The highest BCUT2D eigenvalue weighted by atomic mass is 35.5. The molecule has 0 saturated heterocycles. The van der Waals surface area contributed by atoms with Gasteiger partial charge in [-0.1, -0.05) is 29.8 Å². The molecule has 1 N–H and O–H groups in total. The largest absolute Gasteiger partial charge is 0.310 e. The number of benzene rings is 1. The molecule has 0 spiro atoms. The molecule has 1 atom stereocenters. The number of pyridine rings is 3. The third-order valence-electron chi connectivity index (χ3n) is 5.74. The quantitative estimate of drug-likeness (QED) is 0.382. The monoisotopic (exact) mass is 498 g/mol. The van der Waals surface area contributed by atoms with Gasteiger partial charge >= 0.3 is 0 Å². The van der Waals surface area contributed by atoms with Gasteiger partial charge in [-0.3, -0.25) is 14.8 Å². The highest BCUT2D eigenvalue weighted by molar-refractivity contribution is 6.30.